The van der Waals surface area contributed by atoms with Crippen LogP contribution in [0.15, 0.2) is 12.2 Å². The van der Waals surface area contributed by atoms with Crippen molar-refractivity contribution in [2.24, 2.45) is 11.8 Å². The molecule has 17 heavy (non-hydrogen) atoms. The molecule has 1 rings (SSSR count). The van der Waals surface area contributed by atoms with Crippen LogP contribution in [0.5, 0.6) is 0 Å². The summed E-state index contributed by atoms with van der Waals surface area (Å²) in [4.78, 5) is 11.6. The van der Waals surface area contributed by atoms with Gasteiger partial charge in [-0.05, 0) is 32.6 Å². The van der Waals surface area contributed by atoms with Crippen LogP contribution in [0, 0.1) is 11.8 Å². The van der Waals surface area contributed by atoms with Crippen molar-refractivity contribution in [3.63, 3.8) is 0 Å². The second-order valence-electron chi connectivity index (χ2n) is 5.96. The Kier molecular flexibility index (Phi) is 4.79. The van der Waals surface area contributed by atoms with Crippen LogP contribution >= 0.6 is 0 Å². The lowest BCUT2D eigenvalue weighted by atomic mass is 9.74. The lowest BCUT2D eigenvalue weighted by Crippen LogP contribution is -2.40. The Hall–Kier alpha value is -0.790. The highest BCUT2D eigenvalue weighted by atomic mass is 16.6. The van der Waals surface area contributed by atoms with E-state index in [4.69, 9.17) is 4.74 Å². The van der Waals surface area contributed by atoms with Crippen LogP contribution in [0.3, 0.4) is 0 Å². The molecule has 1 aliphatic rings. The number of carbonyl (C=O) groups is 1. The lowest BCUT2D eigenvalue weighted by Gasteiger charge is -2.38. The molecule has 0 aliphatic heterocycles. The van der Waals surface area contributed by atoms with Gasteiger partial charge in [0.05, 0.1) is 0 Å². The zero-order chi connectivity index (χ0) is 13.1. The summed E-state index contributed by atoms with van der Waals surface area (Å²) >= 11 is 0. The van der Waals surface area contributed by atoms with Gasteiger partial charge in [-0.15, -0.1) is 0 Å². The predicted octanol–water partition coefficient (Wildman–Crippen LogP) is 4.10. The zero-order valence-corrected chi connectivity index (χ0v) is 11.7. The van der Waals surface area contributed by atoms with E-state index in [0.717, 1.165) is 0 Å². The van der Waals surface area contributed by atoms with E-state index in [2.05, 4.69) is 13.5 Å². The van der Waals surface area contributed by atoms with Crippen molar-refractivity contribution < 1.29 is 9.53 Å². The van der Waals surface area contributed by atoms with E-state index < -0.39 is 5.60 Å². The van der Waals surface area contributed by atoms with E-state index in [1.54, 1.807) is 6.92 Å². The first-order valence-electron chi connectivity index (χ1n) is 6.73. The molecule has 2 nitrogen and oxygen atoms in total. The Morgan fingerprint density at radius 2 is 1.82 bits per heavy atom. The van der Waals surface area contributed by atoms with Gasteiger partial charge in [0.15, 0.2) is 0 Å². The van der Waals surface area contributed by atoms with Crippen LogP contribution in [-0.2, 0) is 9.53 Å². The summed E-state index contributed by atoms with van der Waals surface area (Å²) in [7, 11) is 0. The van der Waals surface area contributed by atoms with Crippen molar-refractivity contribution in [1.82, 2.24) is 0 Å². The summed E-state index contributed by atoms with van der Waals surface area (Å²) in [6.07, 6.45) is 6.54. The molecular weight excluding hydrogens is 212 g/mol. The number of rotatable bonds is 4. The molecule has 0 bridgehead atoms. The van der Waals surface area contributed by atoms with Crippen LogP contribution in [0.1, 0.15) is 59.8 Å². The molecule has 1 unspecified atom stereocenters. The Bertz CT molecular complexity index is 285. The first kappa shape index (κ1) is 14.3. The molecule has 0 N–H and O–H groups in total. The second-order valence-corrected chi connectivity index (χ2v) is 5.96. The minimum absolute atomic E-state index is 0.266. The largest absolute Gasteiger partial charge is 0.456 e. The quantitative estimate of drug-likeness (QED) is 0.544. The fourth-order valence-corrected chi connectivity index (χ4v) is 2.62. The topological polar surface area (TPSA) is 26.3 Å². The maximum absolute atomic E-state index is 11.6. The number of ether oxygens (including phenoxy) is 1. The summed E-state index contributed by atoms with van der Waals surface area (Å²) in [6.45, 7) is 11.6. The SMILES string of the molecule is C=C(C)C(=O)OC(C)(C)C(C)C1CCCCC1. The fraction of sp³-hybridized carbons (Fsp3) is 0.800. The molecule has 1 saturated carbocycles. The van der Waals surface area contributed by atoms with Gasteiger partial charge in [-0.25, -0.2) is 4.79 Å². The fourth-order valence-electron chi connectivity index (χ4n) is 2.62. The Balaban J connectivity index is 2.61. The molecular formula is C15H26O2. The maximum atomic E-state index is 11.6. The van der Waals surface area contributed by atoms with Crippen molar-refractivity contribution in [3.8, 4) is 0 Å². The van der Waals surface area contributed by atoms with E-state index >= 15 is 0 Å². The van der Waals surface area contributed by atoms with Gasteiger partial charge in [0.2, 0.25) is 0 Å². The number of esters is 1. The molecule has 0 aromatic rings. The van der Waals surface area contributed by atoms with Crippen LogP contribution in [0.25, 0.3) is 0 Å². The summed E-state index contributed by atoms with van der Waals surface area (Å²) in [5, 5.41) is 0. The number of carbonyl (C=O) groups excluding carboxylic acids is 1. The van der Waals surface area contributed by atoms with Gasteiger partial charge in [-0.1, -0.05) is 45.6 Å². The van der Waals surface area contributed by atoms with Gasteiger partial charge in [-0.3, -0.25) is 0 Å². The molecule has 0 radical (unpaired) electrons. The number of hydrogen-bond acceptors (Lipinski definition) is 2. The third-order valence-corrected chi connectivity index (χ3v) is 4.16. The zero-order valence-electron chi connectivity index (χ0n) is 11.7. The maximum Gasteiger partial charge on any atom is 0.333 e. The minimum Gasteiger partial charge on any atom is -0.456 e. The smallest absolute Gasteiger partial charge is 0.333 e. The Morgan fingerprint density at radius 1 is 1.29 bits per heavy atom. The first-order chi connectivity index (χ1) is 7.84. The lowest BCUT2D eigenvalue weighted by molar-refractivity contribution is -0.158. The van der Waals surface area contributed by atoms with E-state index in [1.165, 1.54) is 32.1 Å². The molecule has 0 heterocycles. The average molecular weight is 238 g/mol. The molecule has 1 atom stereocenters. The highest BCUT2D eigenvalue weighted by Crippen LogP contribution is 2.37. The molecule has 0 saturated heterocycles. The van der Waals surface area contributed by atoms with E-state index in [1.807, 2.05) is 13.8 Å². The van der Waals surface area contributed by atoms with Crippen molar-refractivity contribution in [3.05, 3.63) is 12.2 Å². The molecule has 1 aliphatic carbocycles. The van der Waals surface area contributed by atoms with Crippen molar-refractivity contribution >= 4 is 5.97 Å². The standard InChI is InChI=1S/C15H26O2/c1-11(2)14(16)17-15(4,5)12(3)13-9-7-6-8-10-13/h12-13H,1,6-10H2,2-5H3. The highest BCUT2D eigenvalue weighted by molar-refractivity contribution is 5.87. The van der Waals surface area contributed by atoms with Gasteiger partial charge in [0.1, 0.15) is 5.60 Å². The van der Waals surface area contributed by atoms with Gasteiger partial charge < -0.3 is 4.74 Å². The molecule has 2 heteroatoms. The van der Waals surface area contributed by atoms with Crippen LogP contribution in [0.4, 0.5) is 0 Å². The van der Waals surface area contributed by atoms with Crippen molar-refractivity contribution in [2.75, 3.05) is 0 Å². The Labute approximate surface area is 105 Å². The average Bonchev–Trinajstić information content (AvgIpc) is 2.28. The molecule has 0 aromatic carbocycles. The van der Waals surface area contributed by atoms with Crippen molar-refractivity contribution in [1.29, 1.82) is 0 Å². The predicted molar refractivity (Wildman–Crippen MR) is 70.7 cm³/mol. The minimum atomic E-state index is -0.391. The molecule has 98 valence electrons. The van der Waals surface area contributed by atoms with Crippen LogP contribution in [-0.4, -0.2) is 11.6 Å². The van der Waals surface area contributed by atoms with Crippen molar-refractivity contribution in [2.45, 2.75) is 65.4 Å². The van der Waals surface area contributed by atoms with Crippen LogP contribution < -0.4 is 0 Å². The summed E-state index contributed by atoms with van der Waals surface area (Å²) in [6, 6.07) is 0. The second kappa shape index (κ2) is 5.70. The van der Waals surface area contributed by atoms with E-state index in [-0.39, 0.29) is 5.97 Å². The summed E-state index contributed by atoms with van der Waals surface area (Å²) < 4.78 is 5.58. The van der Waals surface area contributed by atoms with Gasteiger partial charge >= 0.3 is 5.97 Å². The Morgan fingerprint density at radius 3 is 2.29 bits per heavy atom. The number of hydrogen-bond donors (Lipinski definition) is 0. The van der Waals surface area contributed by atoms with Gasteiger partial charge in [0.25, 0.3) is 0 Å². The van der Waals surface area contributed by atoms with E-state index in [0.29, 0.717) is 17.4 Å². The van der Waals surface area contributed by atoms with Crippen LogP contribution in [0.2, 0.25) is 0 Å². The first-order valence-corrected chi connectivity index (χ1v) is 6.73. The molecule has 0 aromatic heterocycles. The summed E-state index contributed by atoms with van der Waals surface area (Å²) in [5.41, 5.74) is 0.0896. The molecule has 1 fully saturated rings. The monoisotopic (exact) mass is 238 g/mol. The molecule has 0 spiro atoms. The normalized spacial score (nSPS) is 19.8. The summed E-state index contributed by atoms with van der Waals surface area (Å²) in [5.74, 6) is 0.834. The third kappa shape index (κ3) is 3.86. The third-order valence-electron chi connectivity index (χ3n) is 4.16. The highest BCUT2D eigenvalue weighted by Gasteiger charge is 2.35. The van der Waals surface area contributed by atoms with Gasteiger partial charge in [-0.2, -0.15) is 0 Å². The molecule has 0 amide bonds. The van der Waals surface area contributed by atoms with Gasteiger partial charge in [0, 0.05) is 5.57 Å². The van der Waals surface area contributed by atoms with E-state index in [9.17, 15) is 4.79 Å².